The van der Waals surface area contributed by atoms with E-state index in [1.165, 1.54) is 17.8 Å². The Labute approximate surface area is 110 Å². The lowest BCUT2D eigenvalue weighted by atomic mass is 10.2. The van der Waals surface area contributed by atoms with Gasteiger partial charge >= 0.3 is 0 Å². The zero-order chi connectivity index (χ0) is 13.0. The number of halogens is 1. The third kappa shape index (κ3) is 2.90. The first-order valence-corrected chi connectivity index (χ1v) is 6.92. The number of aliphatic imine (C=N–C) groups is 1. The fourth-order valence-corrected chi connectivity index (χ4v) is 2.78. The molecule has 0 atom stereocenters. The highest BCUT2D eigenvalue weighted by Gasteiger charge is 2.22. The Morgan fingerprint density at radius 1 is 1.50 bits per heavy atom. The topological polar surface area (TPSA) is 32.7 Å². The van der Waals surface area contributed by atoms with Gasteiger partial charge in [0.05, 0.1) is 6.54 Å². The van der Waals surface area contributed by atoms with Crippen molar-refractivity contribution in [3.8, 4) is 0 Å². The molecular weight excluding hydrogens is 251 g/mol. The molecule has 0 aliphatic carbocycles. The second kappa shape index (κ2) is 6.00. The lowest BCUT2D eigenvalue weighted by Crippen LogP contribution is -2.32. The van der Waals surface area contributed by atoms with Crippen LogP contribution in [0.15, 0.2) is 29.3 Å². The Kier molecular flexibility index (Phi) is 4.36. The summed E-state index contributed by atoms with van der Waals surface area (Å²) in [5, 5.41) is 0.713. The summed E-state index contributed by atoms with van der Waals surface area (Å²) >= 11 is 1.42. The van der Waals surface area contributed by atoms with Crippen molar-refractivity contribution in [2.75, 3.05) is 13.1 Å². The number of nitrogens with zero attached hydrogens (tertiary/aromatic N) is 2. The van der Waals surface area contributed by atoms with Crippen LogP contribution in [0.3, 0.4) is 0 Å². The number of amides is 1. The van der Waals surface area contributed by atoms with Gasteiger partial charge in [-0.25, -0.2) is 4.39 Å². The average Bonchev–Trinajstić information content (AvgIpc) is 2.85. The number of hydrogen-bond donors (Lipinski definition) is 0. The fourth-order valence-electron chi connectivity index (χ4n) is 1.73. The molecule has 0 radical (unpaired) electrons. The highest BCUT2D eigenvalue weighted by atomic mass is 32.2. The van der Waals surface area contributed by atoms with E-state index in [4.69, 9.17) is 0 Å². The van der Waals surface area contributed by atoms with Crippen molar-refractivity contribution in [2.45, 2.75) is 19.1 Å². The first-order chi connectivity index (χ1) is 8.72. The highest BCUT2D eigenvalue weighted by molar-refractivity contribution is 8.13. The van der Waals surface area contributed by atoms with Crippen LogP contribution in [-0.4, -0.2) is 29.1 Å². The first kappa shape index (κ1) is 13.1. The van der Waals surface area contributed by atoms with E-state index >= 15 is 0 Å². The van der Waals surface area contributed by atoms with Crippen LogP contribution in [0, 0.1) is 5.82 Å². The van der Waals surface area contributed by atoms with Gasteiger partial charge in [0.2, 0.25) is 5.91 Å². The predicted octanol–water partition coefficient (Wildman–Crippen LogP) is 2.67. The van der Waals surface area contributed by atoms with Crippen molar-refractivity contribution in [3.63, 3.8) is 0 Å². The summed E-state index contributed by atoms with van der Waals surface area (Å²) in [6.45, 7) is 3.12. The van der Waals surface area contributed by atoms with Crippen LogP contribution >= 0.6 is 11.8 Å². The first-order valence-electron chi connectivity index (χ1n) is 5.93. The fraction of sp³-hybridized carbons (Fsp3) is 0.385. The standard InChI is InChI=1S/C13H15FN2OS/c1-2-12(17)16-8-7-15-13(16)18-9-10-5-3-4-6-11(10)14/h3-6H,2,7-9H2,1H3. The SMILES string of the molecule is CCC(=O)N1CCN=C1SCc1ccccc1F. The van der Waals surface area contributed by atoms with E-state index in [2.05, 4.69) is 4.99 Å². The van der Waals surface area contributed by atoms with Crippen molar-refractivity contribution in [1.29, 1.82) is 0 Å². The third-order valence-corrected chi connectivity index (χ3v) is 3.78. The molecule has 2 rings (SSSR count). The third-order valence-electron chi connectivity index (χ3n) is 2.72. The minimum absolute atomic E-state index is 0.0762. The van der Waals surface area contributed by atoms with Gasteiger partial charge in [-0.1, -0.05) is 36.9 Å². The van der Waals surface area contributed by atoms with Crippen LogP contribution in [0.1, 0.15) is 18.9 Å². The molecule has 1 amide bonds. The second-order valence-electron chi connectivity index (χ2n) is 3.94. The Hall–Kier alpha value is -1.36. The molecular formula is C13H15FN2OS. The Balaban J connectivity index is 1.98. The molecule has 0 saturated carbocycles. The molecule has 0 saturated heterocycles. The van der Waals surface area contributed by atoms with Crippen LogP contribution in [-0.2, 0) is 10.5 Å². The number of carbonyl (C=O) groups excluding carboxylic acids is 1. The number of benzene rings is 1. The van der Waals surface area contributed by atoms with Crippen LogP contribution < -0.4 is 0 Å². The molecule has 1 aromatic carbocycles. The molecule has 1 aliphatic rings. The van der Waals surface area contributed by atoms with Crippen molar-refractivity contribution < 1.29 is 9.18 Å². The molecule has 0 aromatic heterocycles. The lowest BCUT2D eigenvalue weighted by Gasteiger charge is -2.16. The number of thioether (sulfide) groups is 1. The van der Waals surface area contributed by atoms with Gasteiger partial charge in [-0.05, 0) is 11.6 Å². The maximum Gasteiger partial charge on any atom is 0.228 e. The van der Waals surface area contributed by atoms with E-state index in [1.807, 2.05) is 13.0 Å². The van der Waals surface area contributed by atoms with Crippen molar-refractivity contribution in [1.82, 2.24) is 4.90 Å². The van der Waals surface area contributed by atoms with Gasteiger partial charge in [0, 0.05) is 18.7 Å². The summed E-state index contributed by atoms with van der Waals surface area (Å²) in [5.74, 6) is 0.364. The lowest BCUT2D eigenvalue weighted by molar-refractivity contribution is -0.126. The molecule has 1 heterocycles. The molecule has 1 aromatic rings. The van der Waals surface area contributed by atoms with Crippen LogP contribution in [0.2, 0.25) is 0 Å². The molecule has 5 heteroatoms. The summed E-state index contributed by atoms with van der Waals surface area (Å²) in [7, 11) is 0. The quantitative estimate of drug-likeness (QED) is 0.842. The van der Waals surface area contributed by atoms with Crippen LogP contribution in [0.4, 0.5) is 4.39 Å². The summed E-state index contributed by atoms with van der Waals surface area (Å²) < 4.78 is 13.5. The molecule has 18 heavy (non-hydrogen) atoms. The van der Waals surface area contributed by atoms with E-state index in [-0.39, 0.29) is 11.7 Å². The van der Waals surface area contributed by atoms with Gasteiger partial charge in [0.1, 0.15) is 5.82 Å². The van der Waals surface area contributed by atoms with Crippen molar-refractivity contribution in [3.05, 3.63) is 35.6 Å². The van der Waals surface area contributed by atoms with Crippen LogP contribution in [0.5, 0.6) is 0 Å². The zero-order valence-corrected chi connectivity index (χ0v) is 11.0. The minimum atomic E-state index is -0.211. The molecule has 0 spiro atoms. The van der Waals surface area contributed by atoms with E-state index in [0.29, 0.717) is 36.0 Å². The van der Waals surface area contributed by atoms with E-state index in [0.717, 1.165) is 0 Å². The largest absolute Gasteiger partial charge is 0.290 e. The normalized spacial score (nSPS) is 14.8. The Morgan fingerprint density at radius 2 is 2.28 bits per heavy atom. The summed E-state index contributed by atoms with van der Waals surface area (Å²) in [6.07, 6.45) is 0.472. The number of carbonyl (C=O) groups is 1. The zero-order valence-electron chi connectivity index (χ0n) is 10.2. The summed E-state index contributed by atoms with van der Waals surface area (Å²) in [5.41, 5.74) is 0.640. The van der Waals surface area contributed by atoms with Gasteiger partial charge in [0.25, 0.3) is 0 Å². The van der Waals surface area contributed by atoms with E-state index < -0.39 is 0 Å². The Morgan fingerprint density at radius 3 is 3.00 bits per heavy atom. The molecule has 3 nitrogen and oxygen atoms in total. The minimum Gasteiger partial charge on any atom is -0.290 e. The van der Waals surface area contributed by atoms with Gasteiger partial charge in [0.15, 0.2) is 5.17 Å². The van der Waals surface area contributed by atoms with Gasteiger partial charge < -0.3 is 0 Å². The second-order valence-corrected chi connectivity index (χ2v) is 4.89. The number of rotatable bonds is 3. The van der Waals surface area contributed by atoms with E-state index in [1.54, 1.807) is 17.0 Å². The van der Waals surface area contributed by atoms with Gasteiger partial charge in [-0.2, -0.15) is 0 Å². The maximum atomic E-state index is 13.5. The van der Waals surface area contributed by atoms with Gasteiger partial charge in [-0.3, -0.25) is 14.7 Å². The van der Waals surface area contributed by atoms with Crippen molar-refractivity contribution in [2.24, 2.45) is 4.99 Å². The molecule has 0 fully saturated rings. The number of hydrogen-bond acceptors (Lipinski definition) is 3. The smallest absolute Gasteiger partial charge is 0.228 e. The van der Waals surface area contributed by atoms with Gasteiger partial charge in [-0.15, -0.1) is 0 Å². The maximum absolute atomic E-state index is 13.5. The molecule has 0 unspecified atom stereocenters. The Bertz CT molecular complexity index is 476. The summed E-state index contributed by atoms with van der Waals surface area (Å²) in [4.78, 5) is 17.6. The van der Waals surface area contributed by atoms with E-state index in [9.17, 15) is 9.18 Å². The summed E-state index contributed by atoms with van der Waals surface area (Å²) in [6, 6.07) is 6.68. The van der Waals surface area contributed by atoms with Crippen molar-refractivity contribution >= 4 is 22.8 Å². The van der Waals surface area contributed by atoms with Crippen LogP contribution in [0.25, 0.3) is 0 Å². The highest BCUT2D eigenvalue weighted by Crippen LogP contribution is 2.21. The molecule has 1 aliphatic heterocycles. The average molecular weight is 266 g/mol. The predicted molar refractivity (Wildman–Crippen MR) is 72.0 cm³/mol. The molecule has 0 bridgehead atoms. The number of amidine groups is 1. The monoisotopic (exact) mass is 266 g/mol. The molecule has 0 N–H and O–H groups in total. The molecule has 96 valence electrons.